The molecule has 114 valence electrons. The highest BCUT2D eigenvalue weighted by Crippen LogP contribution is 2.17. The molecule has 3 N–H and O–H groups in total. The van der Waals surface area contributed by atoms with Gasteiger partial charge in [-0.15, -0.1) is 0 Å². The molecule has 1 aliphatic heterocycles. The van der Waals surface area contributed by atoms with Crippen LogP contribution in [0.4, 0.5) is 0 Å². The molecule has 5 nitrogen and oxygen atoms in total. The molecule has 1 saturated heterocycles. The van der Waals surface area contributed by atoms with Gasteiger partial charge in [0.1, 0.15) is 12.2 Å². The van der Waals surface area contributed by atoms with Crippen LogP contribution in [0.3, 0.4) is 0 Å². The molecule has 0 aromatic heterocycles. The van der Waals surface area contributed by atoms with E-state index in [-0.39, 0.29) is 18.8 Å². The Hall–Kier alpha value is -0.200. The van der Waals surface area contributed by atoms with E-state index in [9.17, 15) is 15.3 Å². The number of ether oxygens (including phenoxy) is 2. The first kappa shape index (κ1) is 16.9. The third-order valence-electron chi connectivity index (χ3n) is 3.50. The van der Waals surface area contributed by atoms with Gasteiger partial charge in [0.15, 0.2) is 0 Å². The van der Waals surface area contributed by atoms with Crippen molar-refractivity contribution in [2.24, 2.45) is 0 Å². The summed E-state index contributed by atoms with van der Waals surface area (Å²) in [4.78, 5) is 0. The van der Waals surface area contributed by atoms with Gasteiger partial charge in [0.2, 0.25) is 0 Å². The van der Waals surface area contributed by atoms with Crippen LogP contribution in [0.2, 0.25) is 0 Å². The Morgan fingerprint density at radius 3 is 2.63 bits per heavy atom. The van der Waals surface area contributed by atoms with Crippen LogP contribution in [0.1, 0.15) is 45.4 Å². The fourth-order valence-electron chi connectivity index (χ4n) is 2.28. The van der Waals surface area contributed by atoms with E-state index in [1.807, 2.05) is 0 Å². The topological polar surface area (TPSA) is 79.2 Å². The summed E-state index contributed by atoms with van der Waals surface area (Å²) in [5.41, 5.74) is 0. The van der Waals surface area contributed by atoms with Crippen molar-refractivity contribution in [2.45, 2.75) is 69.9 Å². The van der Waals surface area contributed by atoms with Crippen molar-refractivity contribution in [2.75, 3.05) is 19.8 Å². The lowest BCUT2D eigenvalue weighted by Gasteiger charge is -2.14. The number of rotatable bonds is 10. The molecule has 4 atom stereocenters. The van der Waals surface area contributed by atoms with Crippen molar-refractivity contribution in [3.8, 4) is 0 Å². The van der Waals surface area contributed by atoms with Crippen molar-refractivity contribution in [3.63, 3.8) is 0 Å². The van der Waals surface area contributed by atoms with Crippen LogP contribution in [0.5, 0.6) is 0 Å². The Morgan fingerprint density at radius 2 is 2.00 bits per heavy atom. The van der Waals surface area contributed by atoms with Crippen molar-refractivity contribution in [1.29, 1.82) is 0 Å². The van der Waals surface area contributed by atoms with Crippen molar-refractivity contribution >= 4 is 0 Å². The smallest absolute Gasteiger partial charge is 0.108 e. The van der Waals surface area contributed by atoms with Gasteiger partial charge in [-0.05, 0) is 32.1 Å². The Morgan fingerprint density at radius 1 is 1.21 bits per heavy atom. The second-order valence-electron chi connectivity index (χ2n) is 5.27. The Balaban J connectivity index is 1.89. The van der Waals surface area contributed by atoms with Crippen molar-refractivity contribution < 1.29 is 24.8 Å². The average Bonchev–Trinajstić information content (AvgIpc) is 2.69. The summed E-state index contributed by atoms with van der Waals surface area (Å²) in [6, 6.07) is 0. The van der Waals surface area contributed by atoms with E-state index < -0.39 is 12.2 Å². The predicted molar refractivity (Wildman–Crippen MR) is 72.0 cm³/mol. The molecule has 1 rings (SSSR count). The van der Waals surface area contributed by atoms with Crippen LogP contribution in [0, 0.1) is 0 Å². The molecule has 1 heterocycles. The van der Waals surface area contributed by atoms with Crippen molar-refractivity contribution in [3.05, 3.63) is 0 Å². The summed E-state index contributed by atoms with van der Waals surface area (Å²) in [6.07, 6.45) is 3.24. The minimum absolute atomic E-state index is 0.173. The molecule has 0 spiro atoms. The van der Waals surface area contributed by atoms with Gasteiger partial charge >= 0.3 is 0 Å². The fraction of sp³-hybridized carbons (Fsp3) is 1.00. The molecule has 0 saturated carbocycles. The molecular formula is C14H28O5. The highest BCUT2D eigenvalue weighted by molar-refractivity contribution is 4.82. The van der Waals surface area contributed by atoms with Crippen LogP contribution in [-0.4, -0.2) is 59.6 Å². The van der Waals surface area contributed by atoms with Gasteiger partial charge in [-0.25, -0.2) is 0 Å². The molecule has 4 unspecified atom stereocenters. The molecule has 0 amide bonds. The van der Waals surface area contributed by atoms with Gasteiger partial charge in [-0.3, -0.25) is 0 Å². The number of unbranched alkanes of at least 4 members (excludes halogenated alkanes) is 1. The first-order valence-corrected chi connectivity index (χ1v) is 7.38. The van der Waals surface area contributed by atoms with Crippen LogP contribution in [0.25, 0.3) is 0 Å². The summed E-state index contributed by atoms with van der Waals surface area (Å²) in [7, 11) is 0. The van der Waals surface area contributed by atoms with Gasteiger partial charge in [0, 0.05) is 13.2 Å². The quantitative estimate of drug-likeness (QED) is 0.515. The van der Waals surface area contributed by atoms with Crippen LogP contribution < -0.4 is 0 Å². The van der Waals surface area contributed by atoms with Crippen LogP contribution in [-0.2, 0) is 9.47 Å². The molecule has 5 heteroatoms. The summed E-state index contributed by atoms with van der Waals surface area (Å²) in [5.74, 6) is 0. The lowest BCUT2D eigenvalue weighted by Crippen LogP contribution is -2.30. The summed E-state index contributed by atoms with van der Waals surface area (Å²) in [6.45, 7) is 3.49. The van der Waals surface area contributed by atoms with Gasteiger partial charge in [-0.2, -0.15) is 0 Å². The Kier molecular flexibility index (Phi) is 8.57. The molecule has 0 aromatic rings. The normalized spacial score (nSPS) is 28.7. The maximum Gasteiger partial charge on any atom is 0.108 e. The zero-order chi connectivity index (χ0) is 14.1. The fourth-order valence-corrected chi connectivity index (χ4v) is 2.28. The van der Waals surface area contributed by atoms with E-state index in [1.54, 1.807) is 0 Å². The van der Waals surface area contributed by atoms with E-state index in [0.29, 0.717) is 19.6 Å². The second kappa shape index (κ2) is 9.66. The molecule has 0 radical (unpaired) electrons. The number of hydrogen-bond donors (Lipinski definition) is 3. The van der Waals surface area contributed by atoms with Crippen LogP contribution >= 0.6 is 0 Å². The minimum Gasteiger partial charge on any atom is -0.393 e. The average molecular weight is 276 g/mol. The molecule has 1 aliphatic rings. The largest absolute Gasteiger partial charge is 0.393 e. The van der Waals surface area contributed by atoms with Gasteiger partial charge in [0.05, 0.1) is 18.8 Å². The summed E-state index contributed by atoms with van der Waals surface area (Å²) < 4.78 is 10.7. The Bertz CT molecular complexity index is 224. The molecular weight excluding hydrogens is 248 g/mol. The third kappa shape index (κ3) is 6.68. The Labute approximate surface area is 115 Å². The van der Waals surface area contributed by atoms with E-state index in [0.717, 1.165) is 32.1 Å². The molecule has 1 fully saturated rings. The molecule has 19 heavy (non-hydrogen) atoms. The van der Waals surface area contributed by atoms with E-state index in [2.05, 4.69) is 6.92 Å². The van der Waals surface area contributed by atoms with E-state index in [4.69, 9.17) is 9.47 Å². The highest BCUT2D eigenvalue weighted by Gasteiger charge is 2.33. The monoisotopic (exact) mass is 276 g/mol. The van der Waals surface area contributed by atoms with Gasteiger partial charge in [-0.1, -0.05) is 13.3 Å². The first-order chi connectivity index (χ1) is 9.15. The molecule has 0 bridgehead atoms. The maximum absolute atomic E-state index is 9.55. The van der Waals surface area contributed by atoms with E-state index >= 15 is 0 Å². The number of aliphatic hydroxyl groups excluding tert-OH is 3. The van der Waals surface area contributed by atoms with E-state index in [1.165, 1.54) is 0 Å². The standard InChI is InChI=1S/C14H28O5/c1-2-5-11(15)6-3-4-8-18-9-7-13-14(17)12(16)10-19-13/h11-17H,2-10H2,1H3. The molecule has 0 aliphatic carbocycles. The summed E-state index contributed by atoms with van der Waals surface area (Å²) in [5, 5.41) is 28.4. The minimum atomic E-state index is -0.784. The number of aliphatic hydroxyl groups is 3. The lowest BCUT2D eigenvalue weighted by molar-refractivity contribution is 0.00176. The second-order valence-corrected chi connectivity index (χ2v) is 5.27. The van der Waals surface area contributed by atoms with Crippen LogP contribution in [0.15, 0.2) is 0 Å². The first-order valence-electron chi connectivity index (χ1n) is 7.38. The maximum atomic E-state index is 9.55. The molecule has 0 aromatic carbocycles. The van der Waals surface area contributed by atoms with Gasteiger partial charge in [0.25, 0.3) is 0 Å². The third-order valence-corrected chi connectivity index (χ3v) is 3.50. The zero-order valence-electron chi connectivity index (χ0n) is 11.8. The predicted octanol–water partition coefficient (Wildman–Crippen LogP) is 0.845. The SMILES string of the molecule is CCCC(O)CCCCOCCC1OCC(O)C1O. The lowest BCUT2D eigenvalue weighted by atomic mass is 10.1. The van der Waals surface area contributed by atoms with Gasteiger partial charge < -0.3 is 24.8 Å². The zero-order valence-corrected chi connectivity index (χ0v) is 11.8. The highest BCUT2D eigenvalue weighted by atomic mass is 16.5. The summed E-state index contributed by atoms with van der Waals surface area (Å²) >= 11 is 0. The number of hydrogen-bond acceptors (Lipinski definition) is 5. The van der Waals surface area contributed by atoms with Crippen molar-refractivity contribution in [1.82, 2.24) is 0 Å².